The summed E-state index contributed by atoms with van der Waals surface area (Å²) in [4.78, 5) is 45.9. The third-order valence-electron chi connectivity index (χ3n) is 8.86. The molecule has 0 heterocycles. The molecule has 0 bridgehead atoms. The van der Waals surface area contributed by atoms with Gasteiger partial charge in [0.2, 0.25) is 0 Å². The highest BCUT2D eigenvalue weighted by atomic mass is 31.2. The molecule has 0 radical (unpaired) electrons. The summed E-state index contributed by atoms with van der Waals surface area (Å²) in [6, 6.07) is -1.52. The summed E-state index contributed by atoms with van der Waals surface area (Å²) < 4.78 is 32.6. The van der Waals surface area contributed by atoms with Crippen LogP contribution in [-0.4, -0.2) is 59.9 Å². The van der Waals surface area contributed by atoms with Crippen molar-refractivity contribution in [2.45, 2.75) is 193 Å². The van der Waals surface area contributed by atoms with Crippen LogP contribution in [0.2, 0.25) is 0 Å². The van der Waals surface area contributed by atoms with Gasteiger partial charge in [-0.15, -0.1) is 0 Å². The van der Waals surface area contributed by atoms with E-state index in [4.69, 9.17) is 24.8 Å². The van der Waals surface area contributed by atoms with Crippen molar-refractivity contribution in [1.82, 2.24) is 0 Å². The first kappa shape index (κ1) is 51.7. The number of rotatable bonds is 39. The van der Waals surface area contributed by atoms with Crippen molar-refractivity contribution in [3.05, 3.63) is 36.5 Å². The first-order valence-electron chi connectivity index (χ1n) is 21.0. The summed E-state index contributed by atoms with van der Waals surface area (Å²) in [7, 11) is -4.72. The van der Waals surface area contributed by atoms with E-state index in [0.29, 0.717) is 12.8 Å². The van der Waals surface area contributed by atoms with Crippen molar-refractivity contribution in [1.29, 1.82) is 0 Å². The predicted octanol–water partition coefficient (Wildman–Crippen LogP) is 10.8. The fourth-order valence-corrected chi connectivity index (χ4v) is 6.28. The summed E-state index contributed by atoms with van der Waals surface area (Å²) in [6.45, 7) is 2.74. The topological polar surface area (TPSA) is 172 Å². The third-order valence-corrected chi connectivity index (χ3v) is 9.81. The Hall–Kier alpha value is -2.30. The van der Waals surface area contributed by atoms with Gasteiger partial charge in [-0.1, -0.05) is 134 Å². The monoisotopic (exact) mass is 786 g/mol. The highest BCUT2D eigenvalue weighted by Crippen LogP contribution is 2.43. The quantitative estimate of drug-likeness (QED) is 0.0234. The molecule has 3 atom stereocenters. The van der Waals surface area contributed by atoms with Crippen LogP contribution in [0.4, 0.5) is 0 Å². The number of esters is 2. The lowest BCUT2D eigenvalue weighted by Crippen LogP contribution is -2.34. The number of aliphatic carboxylic acids is 1. The Labute approximate surface area is 327 Å². The minimum Gasteiger partial charge on any atom is -0.480 e. The second kappa shape index (κ2) is 37.6. The van der Waals surface area contributed by atoms with Crippen LogP contribution in [0.25, 0.3) is 0 Å². The van der Waals surface area contributed by atoms with Crippen LogP contribution in [-0.2, 0) is 37.5 Å². The van der Waals surface area contributed by atoms with Crippen molar-refractivity contribution >= 4 is 25.7 Å². The maximum atomic E-state index is 12.6. The number of nitrogens with two attached hydrogens (primary N) is 1. The summed E-state index contributed by atoms with van der Waals surface area (Å²) in [5.74, 6) is -2.40. The molecule has 0 aliphatic rings. The van der Waals surface area contributed by atoms with Gasteiger partial charge >= 0.3 is 25.7 Å². The lowest BCUT2D eigenvalue weighted by atomic mass is 10.1. The molecule has 0 saturated heterocycles. The van der Waals surface area contributed by atoms with E-state index in [1.807, 2.05) is 0 Å². The van der Waals surface area contributed by atoms with E-state index in [0.717, 1.165) is 77.0 Å². The van der Waals surface area contributed by atoms with Crippen LogP contribution in [0.1, 0.15) is 181 Å². The zero-order chi connectivity index (χ0) is 40.0. The van der Waals surface area contributed by atoms with Gasteiger partial charge < -0.3 is 25.2 Å². The van der Waals surface area contributed by atoms with Crippen molar-refractivity contribution in [3.63, 3.8) is 0 Å². The van der Waals surface area contributed by atoms with E-state index in [1.54, 1.807) is 0 Å². The molecule has 0 aromatic rings. The minimum atomic E-state index is -4.72. The molecular weight excluding hydrogens is 709 g/mol. The van der Waals surface area contributed by atoms with Gasteiger partial charge in [-0.3, -0.25) is 23.4 Å². The van der Waals surface area contributed by atoms with Gasteiger partial charge in [0.15, 0.2) is 6.10 Å². The number of phosphoric ester groups is 1. The molecule has 314 valence electrons. The maximum Gasteiger partial charge on any atom is 0.472 e. The number of hydrogen-bond acceptors (Lipinski definition) is 9. The Bertz CT molecular complexity index is 1060. The fourth-order valence-electron chi connectivity index (χ4n) is 5.50. The number of carboxylic acid groups (broad SMARTS) is 1. The first-order chi connectivity index (χ1) is 26.1. The number of phosphoric acid groups is 1. The zero-order valence-electron chi connectivity index (χ0n) is 33.8. The molecule has 0 fully saturated rings. The number of hydrogen-bond donors (Lipinski definition) is 3. The van der Waals surface area contributed by atoms with Crippen LogP contribution in [0, 0.1) is 0 Å². The number of carboxylic acids is 1. The zero-order valence-corrected chi connectivity index (χ0v) is 34.7. The molecule has 12 heteroatoms. The van der Waals surface area contributed by atoms with E-state index in [1.165, 1.54) is 64.2 Å². The van der Waals surface area contributed by atoms with E-state index >= 15 is 0 Å². The molecule has 1 unspecified atom stereocenters. The molecule has 0 aromatic heterocycles. The van der Waals surface area contributed by atoms with Crippen LogP contribution in [0.15, 0.2) is 36.5 Å². The maximum absolute atomic E-state index is 12.6. The highest BCUT2D eigenvalue weighted by Gasteiger charge is 2.28. The molecule has 4 N–H and O–H groups in total. The lowest BCUT2D eigenvalue weighted by Gasteiger charge is -2.20. The Morgan fingerprint density at radius 3 is 1.50 bits per heavy atom. The van der Waals surface area contributed by atoms with E-state index in [-0.39, 0.29) is 19.4 Å². The second-order valence-electron chi connectivity index (χ2n) is 14.1. The van der Waals surface area contributed by atoms with Crippen LogP contribution >= 0.6 is 7.82 Å². The second-order valence-corrected chi connectivity index (χ2v) is 15.6. The third kappa shape index (κ3) is 36.7. The fraction of sp³-hybridized carbons (Fsp3) is 0.786. The Morgan fingerprint density at radius 2 is 0.981 bits per heavy atom. The molecule has 0 aromatic carbocycles. The van der Waals surface area contributed by atoms with Crippen molar-refractivity contribution in [2.75, 3.05) is 19.8 Å². The van der Waals surface area contributed by atoms with Crippen molar-refractivity contribution in [2.24, 2.45) is 5.73 Å². The number of carbonyl (C=O) groups is 3. The molecule has 54 heavy (non-hydrogen) atoms. The Morgan fingerprint density at radius 1 is 0.574 bits per heavy atom. The predicted molar refractivity (Wildman–Crippen MR) is 217 cm³/mol. The van der Waals surface area contributed by atoms with E-state index in [9.17, 15) is 23.8 Å². The summed E-state index contributed by atoms with van der Waals surface area (Å²) in [6.07, 6.45) is 39.2. The van der Waals surface area contributed by atoms with Gasteiger partial charge in [0.25, 0.3) is 0 Å². The minimum absolute atomic E-state index is 0.151. The molecule has 0 spiro atoms. The largest absolute Gasteiger partial charge is 0.480 e. The van der Waals surface area contributed by atoms with Gasteiger partial charge in [-0.05, 0) is 70.6 Å². The van der Waals surface area contributed by atoms with Gasteiger partial charge in [0.1, 0.15) is 12.6 Å². The SMILES string of the molecule is CCCCC/C=C/C/C=C/CCCCCCCCCC(=O)O[C@H](COC(=O)CCCCCCC/C=C/CCCCCC)COP(=O)(O)OC[C@H](N)C(=O)O. The number of carbonyl (C=O) groups excluding carboxylic acids is 2. The highest BCUT2D eigenvalue weighted by molar-refractivity contribution is 7.47. The van der Waals surface area contributed by atoms with Crippen LogP contribution < -0.4 is 5.73 Å². The van der Waals surface area contributed by atoms with Gasteiger partial charge in [0.05, 0.1) is 13.2 Å². The summed E-state index contributed by atoms with van der Waals surface area (Å²) >= 11 is 0. The number of allylic oxidation sites excluding steroid dienone is 6. The van der Waals surface area contributed by atoms with Gasteiger partial charge in [-0.2, -0.15) is 0 Å². The van der Waals surface area contributed by atoms with Crippen molar-refractivity contribution in [3.8, 4) is 0 Å². The van der Waals surface area contributed by atoms with E-state index in [2.05, 4.69) is 54.8 Å². The van der Waals surface area contributed by atoms with Crippen molar-refractivity contribution < 1.29 is 47.5 Å². The smallest absolute Gasteiger partial charge is 0.472 e. The Balaban J connectivity index is 4.41. The average molecular weight is 786 g/mol. The molecule has 11 nitrogen and oxygen atoms in total. The molecule has 0 rings (SSSR count). The molecular formula is C42H76NO10P. The average Bonchev–Trinajstić information content (AvgIpc) is 3.14. The van der Waals surface area contributed by atoms with Crippen LogP contribution in [0.5, 0.6) is 0 Å². The standard InChI is InChI=1S/C42H76NO10P/c1-3-5-7-9-11-13-15-17-18-19-20-22-24-26-28-30-32-34-41(45)53-38(36-51-54(48,49)52-37-39(43)42(46)47)35-50-40(44)33-31-29-27-25-23-21-16-14-12-10-8-6-4-2/h11,13-14,16-18,38-39H,3-10,12,15,19-37,43H2,1-2H3,(H,46,47)(H,48,49)/b13-11+,16-14+,18-17+/t38-,39+/m1/s1. The van der Waals surface area contributed by atoms with Crippen LogP contribution in [0.3, 0.4) is 0 Å². The number of ether oxygens (including phenoxy) is 2. The first-order valence-corrected chi connectivity index (χ1v) is 22.5. The lowest BCUT2D eigenvalue weighted by molar-refractivity contribution is -0.161. The van der Waals surface area contributed by atoms with Gasteiger partial charge in [0, 0.05) is 12.8 Å². The molecule has 0 aliphatic carbocycles. The normalized spacial score (nSPS) is 14.1. The molecule has 0 saturated carbocycles. The number of unbranched alkanes of at least 4 members (excludes halogenated alkanes) is 19. The van der Waals surface area contributed by atoms with E-state index < -0.39 is 51.1 Å². The molecule has 0 amide bonds. The molecule has 0 aliphatic heterocycles. The summed E-state index contributed by atoms with van der Waals surface area (Å²) in [5, 5.41) is 8.88. The van der Waals surface area contributed by atoms with Gasteiger partial charge in [-0.25, -0.2) is 4.57 Å². The Kier molecular flexibility index (Phi) is 36.0. The summed E-state index contributed by atoms with van der Waals surface area (Å²) in [5.41, 5.74) is 5.32.